The second-order valence-corrected chi connectivity index (χ2v) is 3.76. The molecule has 0 aromatic rings. The van der Waals surface area contributed by atoms with Gasteiger partial charge in [-0.2, -0.15) is 0 Å². The minimum atomic E-state index is -0.520. The molecular weight excluding hydrogens is 206 g/mol. The lowest BCUT2D eigenvalue weighted by atomic mass is 10.1. The molecule has 0 bridgehead atoms. The molecule has 0 spiro atoms. The Hall–Kier alpha value is -1.56. The van der Waals surface area contributed by atoms with Crippen LogP contribution in [0.2, 0.25) is 0 Å². The maximum atomic E-state index is 11.4. The summed E-state index contributed by atoms with van der Waals surface area (Å²) >= 11 is 0. The van der Waals surface area contributed by atoms with Gasteiger partial charge in [0.15, 0.2) is 5.96 Å². The molecular formula is C10H21N5O. The van der Waals surface area contributed by atoms with Crippen molar-refractivity contribution in [1.29, 1.82) is 5.41 Å². The SMILES string of the molecule is C=C(C)CNC(=O)C(N)CCCNC(=N)N. The lowest BCUT2D eigenvalue weighted by molar-refractivity contribution is -0.122. The van der Waals surface area contributed by atoms with E-state index in [2.05, 4.69) is 17.2 Å². The molecule has 0 aromatic heterocycles. The zero-order valence-corrected chi connectivity index (χ0v) is 9.68. The predicted molar refractivity (Wildman–Crippen MR) is 64.9 cm³/mol. The maximum absolute atomic E-state index is 11.4. The van der Waals surface area contributed by atoms with Gasteiger partial charge in [-0.25, -0.2) is 0 Å². The van der Waals surface area contributed by atoms with E-state index < -0.39 is 6.04 Å². The first-order valence-corrected chi connectivity index (χ1v) is 5.19. The van der Waals surface area contributed by atoms with E-state index in [4.69, 9.17) is 16.9 Å². The fourth-order valence-electron chi connectivity index (χ4n) is 1.05. The third-order valence-corrected chi connectivity index (χ3v) is 1.91. The van der Waals surface area contributed by atoms with Crippen molar-refractivity contribution in [1.82, 2.24) is 10.6 Å². The Bertz CT molecular complexity index is 264. The standard InChI is InChI=1S/C10H21N5O/c1-7(2)6-15-9(16)8(11)4-3-5-14-10(12)13/h8H,1,3-6,11H2,2H3,(H,15,16)(H4,12,13,14). The number of guanidine groups is 1. The van der Waals surface area contributed by atoms with Crippen molar-refractivity contribution in [3.63, 3.8) is 0 Å². The summed E-state index contributed by atoms with van der Waals surface area (Å²) in [6, 6.07) is -0.520. The van der Waals surface area contributed by atoms with E-state index in [1.807, 2.05) is 6.92 Å². The molecule has 0 rings (SSSR count). The summed E-state index contributed by atoms with van der Waals surface area (Å²) in [6.07, 6.45) is 1.25. The number of carbonyl (C=O) groups excluding carboxylic acids is 1. The van der Waals surface area contributed by atoms with Crippen LogP contribution in [0.15, 0.2) is 12.2 Å². The van der Waals surface area contributed by atoms with E-state index in [-0.39, 0.29) is 11.9 Å². The third kappa shape index (κ3) is 7.81. The highest BCUT2D eigenvalue weighted by Crippen LogP contribution is 1.94. The highest BCUT2D eigenvalue weighted by atomic mass is 16.2. The molecule has 7 N–H and O–H groups in total. The first kappa shape index (κ1) is 14.4. The van der Waals surface area contributed by atoms with Crippen molar-refractivity contribution < 1.29 is 4.79 Å². The maximum Gasteiger partial charge on any atom is 0.237 e. The molecule has 1 unspecified atom stereocenters. The van der Waals surface area contributed by atoms with Gasteiger partial charge in [0.2, 0.25) is 5.91 Å². The van der Waals surface area contributed by atoms with Gasteiger partial charge in [0.05, 0.1) is 6.04 Å². The summed E-state index contributed by atoms with van der Waals surface area (Å²) in [5.41, 5.74) is 11.7. The predicted octanol–water partition coefficient (Wildman–Crippen LogP) is -0.731. The van der Waals surface area contributed by atoms with E-state index in [1.54, 1.807) is 0 Å². The second kappa shape index (κ2) is 7.70. The average molecular weight is 227 g/mol. The van der Waals surface area contributed by atoms with Crippen LogP contribution in [0.4, 0.5) is 0 Å². The lowest BCUT2D eigenvalue weighted by Crippen LogP contribution is -2.41. The summed E-state index contributed by atoms with van der Waals surface area (Å²) in [7, 11) is 0. The quantitative estimate of drug-likeness (QED) is 0.170. The molecule has 92 valence electrons. The Kier molecular flexibility index (Phi) is 6.95. The zero-order chi connectivity index (χ0) is 12.6. The van der Waals surface area contributed by atoms with Gasteiger partial charge in [-0.3, -0.25) is 10.2 Å². The average Bonchev–Trinajstić information content (AvgIpc) is 2.20. The van der Waals surface area contributed by atoms with Crippen LogP contribution in [0.3, 0.4) is 0 Å². The van der Waals surface area contributed by atoms with Gasteiger partial charge in [-0.05, 0) is 19.8 Å². The number of hydrogen-bond donors (Lipinski definition) is 5. The van der Waals surface area contributed by atoms with Crippen LogP contribution in [0.1, 0.15) is 19.8 Å². The number of amides is 1. The Morgan fingerprint density at radius 3 is 2.62 bits per heavy atom. The number of rotatable bonds is 7. The van der Waals surface area contributed by atoms with Crippen LogP contribution in [-0.4, -0.2) is 31.0 Å². The van der Waals surface area contributed by atoms with E-state index in [0.717, 1.165) is 5.57 Å². The number of nitrogens with one attached hydrogen (secondary N) is 3. The van der Waals surface area contributed by atoms with Crippen molar-refractivity contribution in [2.75, 3.05) is 13.1 Å². The van der Waals surface area contributed by atoms with Gasteiger partial charge in [0.1, 0.15) is 0 Å². The molecule has 0 aromatic carbocycles. The summed E-state index contributed by atoms with van der Waals surface area (Å²) in [6.45, 7) is 6.52. The smallest absolute Gasteiger partial charge is 0.237 e. The molecule has 6 nitrogen and oxygen atoms in total. The molecule has 0 radical (unpaired) electrons. The summed E-state index contributed by atoms with van der Waals surface area (Å²) < 4.78 is 0. The fourth-order valence-corrected chi connectivity index (χ4v) is 1.05. The minimum Gasteiger partial charge on any atom is -0.370 e. The van der Waals surface area contributed by atoms with Crippen molar-refractivity contribution >= 4 is 11.9 Å². The minimum absolute atomic E-state index is 0.0692. The molecule has 0 fully saturated rings. The van der Waals surface area contributed by atoms with E-state index in [0.29, 0.717) is 25.9 Å². The van der Waals surface area contributed by atoms with E-state index in [1.165, 1.54) is 0 Å². The monoisotopic (exact) mass is 227 g/mol. The largest absolute Gasteiger partial charge is 0.370 e. The second-order valence-electron chi connectivity index (χ2n) is 3.76. The molecule has 0 saturated heterocycles. The third-order valence-electron chi connectivity index (χ3n) is 1.91. The molecule has 1 amide bonds. The Labute approximate surface area is 96.0 Å². The van der Waals surface area contributed by atoms with Gasteiger partial charge < -0.3 is 22.1 Å². The Balaban J connectivity index is 3.62. The van der Waals surface area contributed by atoms with Crippen LogP contribution in [-0.2, 0) is 4.79 Å². The van der Waals surface area contributed by atoms with Gasteiger partial charge in [0, 0.05) is 13.1 Å². The van der Waals surface area contributed by atoms with Crippen LogP contribution >= 0.6 is 0 Å². The molecule has 0 heterocycles. The van der Waals surface area contributed by atoms with Gasteiger partial charge >= 0.3 is 0 Å². The molecule has 6 heteroatoms. The molecule has 0 aliphatic rings. The van der Waals surface area contributed by atoms with Crippen LogP contribution in [0.5, 0.6) is 0 Å². The molecule has 0 aliphatic heterocycles. The summed E-state index contributed by atoms with van der Waals surface area (Å²) in [5, 5.41) is 12.3. The van der Waals surface area contributed by atoms with E-state index >= 15 is 0 Å². The molecule has 16 heavy (non-hydrogen) atoms. The summed E-state index contributed by atoms with van der Waals surface area (Å²) in [5.74, 6) is -0.244. The van der Waals surface area contributed by atoms with Gasteiger partial charge in [-0.1, -0.05) is 12.2 Å². The van der Waals surface area contributed by atoms with Crippen molar-refractivity contribution in [2.24, 2.45) is 11.5 Å². The van der Waals surface area contributed by atoms with Crippen LogP contribution < -0.4 is 22.1 Å². The summed E-state index contributed by atoms with van der Waals surface area (Å²) in [4.78, 5) is 11.4. The van der Waals surface area contributed by atoms with Crippen molar-refractivity contribution in [3.8, 4) is 0 Å². The zero-order valence-electron chi connectivity index (χ0n) is 9.68. The number of hydrogen-bond acceptors (Lipinski definition) is 3. The fraction of sp³-hybridized carbons (Fsp3) is 0.600. The van der Waals surface area contributed by atoms with Crippen LogP contribution in [0, 0.1) is 5.41 Å². The number of nitrogens with two attached hydrogens (primary N) is 2. The Morgan fingerprint density at radius 2 is 2.12 bits per heavy atom. The molecule has 0 aliphatic carbocycles. The van der Waals surface area contributed by atoms with Gasteiger partial charge in [0.25, 0.3) is 0 Å². The normalized spacial score (nSPS) is 11.6. The van der Waals surface area contributed by atoms with Crippen molar-refractivity contribution in [3.05, 3.63) is 12.2 Å². The lowest BCUT2D eigenvalue weighted by Gasteiger charge is -2.12. The highest BCUT2D eigenvalue weighted by molar-refractivity contribution is 5.81. The highest BCUT2D eigenvalue weighted by Gasteiger charge is 2.11. The number of carbonyl (C=O) groups is 1. The Morgan fingerprint density at radius 1 is 1.50 bits per heavy atom. The first-order valence-electron chi connectivity index (χ1n) is 5.19. The molecule has 1 atom stereocenters. The van der Waals surface area contributed by atoms with Gasteiger partial charge in [-0.15, -0.1) is 0 Å². The van der Waals surface area contributed by atoms with Crippen molar-refractivity contribution in [2.45, 2.75) is 25.8 Å². The molecule has 0 saturated carbocycles. The van der Waals surface area contributed by atoms with Crippen LogP contribution in [0.25, 0.3) is 0 Å². The topological polar surface area (TPSA) is 117 Å². The first-order chi connectivity index (χ1) is 7.43. The van der Waals surface area contributed by atoms with E-state index in [9.17, 15) is 4.79 Å².